The summed E-state index contributed by atoms with van der Waals surface area (Å²) in [4.78, 5) is 11.7. The number of carbonyl (C=O) groups excluding carboxylic acids is 1. The van der Waals surface area contributed by atoms with Gasteiger partial charge in [-0.25, -0.2) is 0 Å². The number of rotatable bonds is 6. The van der Waals surface area contributed by atoms with Crippen molar-refractivity contribution in [3.05, 3.63) is 29.8 Å². The lowest BCUT2D eigenvalue weighted by atomic mass is 9.94. The Morgan fingerprint density at radius 2 is 2.15 bits per heavy atom. The van der Waals surface area contributed by atoms with Gasteiger partial charge in [0.25, 0.3) is 0 Å². The summed E-state index contributed by atoms with van der Waals surface area (Å²) >= 11 is 0. The van der Waals surface area contributed by atoms with Crippen molar-refractivity contribution in [3.63, 3.8) is 0 Å². The zero-order valence-electron chi connectivity index (χ0n) is 12.2. The molecule has 0 aromatic heterocycles. The minimum absolute atomic E-state index is 0.00637. The van der Waals surface area contributed by atoms with Crippen LogP contribution < -0.4 is 15.4 Å². The quantitative estimate of drug-likeness (QED) is 0.769. The van der Waals surface area contributed by atoms with Gasteiger partial charge in [-0.1, -0.05) is 18.2 Å². The Hall–Kier alpha value is -1.59. The Morgan fingerprint density at radius 1 is 1.40 bits per heavy atom. The van der Waals surface area contributed by atoms with Crippen LogP contribution in [0.25, 0.3) is 0 Å². The maximum absolute atomic E-state index is 11.7. The molecule has 1 aromatic rings. The van der Waals surface area contributed by atoms with Crippen LogP contribution >= 0.6 is 0 Å². The molecule has 1 aliphatic rings. The minimum Gasteiger partial charge on any atom is -0.486 e. The van der Waals surface area contributed by atoms with Crippen molar-refractivity contribution in [2.24, 2.45) is 0 Å². The van der Waals surface area contributed by atoms with E-state index in [1.165, 1.54) is 0 Å². The third-order valence-electron chi connectivity index (χ3n) is 3.39. The first-order valence-electron chi connectivity index (χ1n) is 6.81. The summed E-state index contributed by atoms with van der Waals surface area (Å²) in [5, 5.41) is 6.07. The van der Waals surface area contributed by atoms with E-state index in [9.17, 15) is 4.79 Å². The summed E-state index contributed by atoms with van der Waals surface area (Å²) < 4.78 is 10.8. The van der Waals surface area contributed by atoms with Crippen LogP contribution in [0.2, 0.25) is 0 Å². The van der Waals surface area contributed by atoms with Crippen molar-refractivity contribution in [2.75, 3.05) is 26.8 Å². The zero-order chi connectivity index (χ0) is 14.6. The fraction of sp³-hybridized carbons (Fsp3) is 0.533. The van der Waals surface area contributed by atoms with Gasteiger partial charge in [-0.3, -0.25) is 10.1 Å². The summed E-state index contributed by atoms with van der Waals surface area (Å²) in [6, 6.07) is 7.93. The minimum atomic E-state index is -0.365. The molecule has 0 radical (unpaired) electrons. The molecule has 2 rings (SSSR count). The molecule has 0 spiro atoms. The molecule has 1 aromatic carbocycles. The summed E-state index contributed by atoms with van der Waals surface area (Å²) in [6.45, 7) is 5.35. The van der Waals surface area contributed by atoms with E-state index in [2.05, 4.69) is 10.6 Å². The van der Waals surface area contributed by atoms with Crippen LogP contribution in [0.3, 0.4) is 0 Å². The van der Waals surface area contributed by atoms with E-state index < -0.39 is 0 Å². The standard InChI is InChI=1S/C15H22N2O3/c1-15(2)14(11-6-4-5-7-12(11)20-15)17-10-13(18)16-8-9-19-3/h4-7,14,17H,8-10H2,1-3H3,(H,16,18). The Labute approximate surface area is 119 Å². The lowest BCUT2D eigenvalue weighted by molar-refractivity contribution is -0.120. The lowest BCUT2D eigenvalue weighted by Crippen LogP contribution is -2.43. The SMILES string of the molecule is COCCNC(=O)CNC1c2ccccc2OC1(C)C. The lowest BCUT2D eigenvalue weighted by Gasteiger charge is -2.27. The molecule has 0 aliphatic carbocycles. The Kier molecular flexibility index (Phi) is 4.62. The van der Waals surface area contributed by atoms with Crippen molar-refractivity contribution in [2.45, 2.75) is 25.5 Å². The molecule has 1 heterocycles. The molecule has 20 heavy (non-hydrogen) atoms. The fourth-order valence-corrected chi connectivity index (χ4v) is 2.43. The Bertz CT molecular complexity index is 474. The van der Waals surface area contributed by atoms with Gasteiger partial charge in [0.2, 0.25) is 5.91 Å². The van der Waals surface area contributed by atoms with Crippen molar-refractivity contribution in [3.8, 4) is 5.75 Å². The highest BCUT2D eigenvalue weighted by Crippen LogP contribution is 2.42. The van der Waals surface area contributed by atoms with Crippen molar-refractivity contribution < 1.29 is 14.3 Å². The second-order valence-corrected chi connectivity index (χ2v) is 5.40. The van der Waals surface area contributed by atoms with Crippen molar-refractivity contribution in [1.29, 1.82) is 0 Å². The van der Waals surface area contributed by atoms with Crippen LogP contribution in [-0.4, -0.2) is 38.3 Å². The highest BCUT2D eigenvalue weighted by Gasteiger charge is 2.40. The second-order valence-electron chi connectivity index (χ2n) is 5.40. The largest absolute Gasteiger partial charge is 0.486 e. The van der Waals surface area contributed by atoms with Crippen LogP contribution in [0, 0.1) is 0 Å². The number of hydrogen-bond acceptors (Lipinski definition) is 4. The molecule has 0 bridgehead atoms. The predicted molar refractivity (Wildman–Crippen MR) is 76.8 cm³/mol. The summed E-state index contributed by atoms with van der Waals surface area (Å²) in [7, 11) is 1.61. The fourth-order valence-electron chi connectivity index (χ4n) is 2.43. The maximum atomic E-state index is 11.7. The summed E-state index contributed by atoms with van der Waals surface area (Å²) in [6.07, 6.45) is 0. The van der Waals surface area contributed by atoms with Gasteiger partial charge in [0.05, 0.1) is 19.2 Å². The highest BCUT2D eigenvalue weighted by atomic mass is 16.5. The molecule has 0 saturated heterocycles. The monoisotopic (exact) mass is 278 g/mol. The molecule has 1 atom stereocenters. The topological polar surface area (TPSA) is 59.6 Å². The number of ether oxygens (including phenoxy) is 2. The van der Waals surface area contributed by atoms with Crippen LogP contribution in [0.5, 0.6) is 5.75 Å². The molecular weight excluding hydrogens is 256 g/mol. The summed E-state index contributed by atoms with van der Waals surface area (Å²) in [5.74, 6) is 0.844. The third kappa shape index (κ3) is 3.29. The number of hydrogen-bond donors (Lipinski definition) is 2. The van der Waals surface area contributed by atoms with Crippen LogP contribution in [-0.2, 0) is 9.53 Å². The van der Waals surface area contributed by atoms with E-state index in [0.29, 0.717) is 13.2 Å². The zero-order valence-corrected chi connectivity index (χ0v) is 12.2. The first-order valence-corrected chi connectivity index (χ1v) is 6.81. The number of nitrogens with one attached hydrogen (secondary N) is 2. The molecular formula is C15H22N2O3. The molecule has 5 nitrogen and oxygen atoms in total. The molecule has 110 valence electrons. The number of benzene rings is 1. The van der Waals surface area contributed by atoms with E-state index >= 15 is 0 Å². The van der Waals surface area contributed by atoms with Crippen LogP contribution in [0.15, 0.2) is 24.3 Å². The first-order chi connectivity index (χ1) is 9.54. The number of carbonyl (C=O) groups is 1. The summed E-state index contributed by atoms with van der Waals surface area (Å²) in [5.41, 5.74) is 0.735. The van der Waals surface area contributed by atoms with Gasteiger partial charge in [-0.2, -0.15) is 0 Å². The molecule has 0 fully saturated rings. The van der Waals surface area contributed by atoms with Gasteiger partial charge in [0, 0.05) is 19.2 Å². The van der Waals surface area contributed by atoms with Crippen LogP contribution in [0.1, 0.15) is 25.5 Å². The normalized spacial score (nSPS) is 19.2. The van der Waals surface area contributed by atoms with E-state index in [-0.39, 0.29) is 24.1 Å². The van der Waals surface area contributed by atoms with Crippen LogP contribution in [0.4, 0.5) is 0 Å². The van der Waals surface area contributed by atoms with E-state index in [0.717, 1.165) is 11.3 Å². The van der Waals surface area contributed by atoms with E-state index in [1.54, 1.807) is 7.11 Å². The molecule has 1 amide bonds. The molecule has 5 heteroatoms. The number of para-hydroxylation sites is 1. The molecule has 0 saturated carbocycles. The predicted octanol–water partition coefficient (Wildman–Crippen LogP) is 1.25. The van der Waals surface area contributed by atoms with Gasteiger partial charge in [0.1, 0.15) is 11.4 Å². The second kappa shape index (κ2) is 6.24. The number of methoxy groups -OCH3 is 1. The highest BCUT2D eigenvalue weighted by molar-refractivity contribution is 5.78. The Balaban J connectivity index is 1.93. The van der Waals surface area contributed by atoms with Gasteiger partial charge in [-0.05, 0) is 19.9 Å². The van der Waals surface area contributed by atoms with Gasteiger partial charge < -0.3 is 14.8 Å². The number of fused-ring (bicyclic) bond motifs is 1. The molecule has 1 aliphatic heterocycles. The maximum Gasteiger partial charge on any atom is 0.234 e. The smallest absolute Gasteiger partial charge is 0.234 e. The molecule has 2 N–H and O–H groups in total. The van der Waals surface area contributed by atoms with Crippen molar-refractivity contribution in [1.82, 2.24) is 10.6 Å². The van der Waals surface area contributed by atoms with E-state index in [1.807, 2.05) is 38.1 Å². The Morgan fingerprint density at radius 3 is 2.90 bits per heavy atom. The van der Waals surface area contributed by atoms with E-state index in [4.69, 9.17) is 9.47 Å². The average molecular weight is 278 g/mol. The first kappa shape index (κ1) is 14.8. The van der Waals surface area contributed by atoms with Gasteiger partial charge >= 0.3 is 0 Å². The third-order valence-corrected chi connectivity index (χ3v) is 3.39. The number of amides is 1. The average Bonchev–Trinajstić information content (AvgIpc) is 2.66. The van der Waals surface area contributed by atoms with Gasteiger partial charge in [-0.15, -0.1) is 0 Å². The molecule has 1 unspecified atom stereocenters. The van der Waals surface area contributed by atoms with Gasteiger partial charge in [0.15, 0.2) is 0 Å². The van der Waals surface area contributed by atoms with Crippen molar-refractivity contribution >= 4 is 5.91 Å².